The second-order valence-corrected chi connectivity index (χ2v) is 9.49. The van der Waals surface area contributed by atoms with Crippen LogP contribution in [0.25, 0.3) is 11.3 Å². The maximum Gasteiger partial charge on any atom is 0.410 e. The number of benzene rings is 1. The van der Waals surface area contributed by atoms with E-state index in [-0.39, 0.29) is 6.09 Å². The molecule has 147 valence electrons. The zero-order valence-electron chi connectivity index (χ0n) is 17.7. The quantitative estimate of drug-likeness (QED) is 0.611. The van der Waals surface area contributed by atoms with Crippen molar-refractivity contribution in [1.29, 1.82) is 0 Å². The Morgan fingerprint density at radius 1 is 1.19 bits per heavy atom. The topological polar surface area (TPSA) is 42.4 Å². The molecule has 1 amide bonds. The van der Waals surface area contributed by atoms with Crippen LogP contribution in [-0.4, -0.2) is 28.6 Å². The first kappa shape index (κ1) is 21.4. The van der Waals surface area contributed by atoms with Gasteiger partial charge in [-0.3, -0.25) is 0 Å². The summed E-state index contributed by atoms with van der Waals surface area (Å²) in [5.41, 5.74) is 3.97. The van der Waals surface area contributed by atoms with E-state index in [2.05, 4.69) is 51.3 Å². The number of hydrogen-bond acceptors (Lipinski definition) is 4. The summed E-state index contributed by atoms with van der Waals surface area (Å²) < 4.78 is 5.41. The summed E-state index contributed by atoms with van der Waals surface area (Å²) in [7, 11) is 1.74. The lowest BCUT2D eigenvalue weighted by molar-refractivity contribution is 0.0285. The normalized spacial score (nSPS) is 11.9. The molecule has 0 unspecified atom stereocenters. The molecule has 2 rings (SSSR count). The van der Waals surface area contributed by atoms with Crippen LogP contribution in [0.3, 0.4) is 0 Å². The molecule has 0 spiro atoms. The number of nitrogens with zero attached hydrogens (tertiary/aromatic N) is 2. The zero-order valence-corrected chi connectivity index (χ0v) is 18.5. The number of thiazole rings is 1. The number of hydrogen-bond donors (Lipinski definition) is 0. The first-order chi connectivity index (χ1) is 12.5. The Morgan fingerprint density at radius 2 is 1.74 bits per heavy atom. The average molecular weight is 388 g/mol. The summed E-state index contributed by atoms with van der Waals surface area (Å²) in [5, 5.41) is 2.95. The number of ether oxygens (including phenoxy) is 1. The highest BCUT2D eigenvalue weighted by Gasteiger charge is 2.20. The number of carbonyl (C=O) groups excluding carboxylic acids is 1. The van der Waals surface area contributed by atoms with Crippen molar-refractivity contribution in [2.24, 2.45) is 0 Å². The molecular formula is C22H31N2O2S. The van der Waals surface area contributed by atoms with Gasteiger partial charge in [-0.15, -0.1) is 11.3 Å². The summed E-state index contributed by atoms with van der Waals surface area (Å²) in [4.78, 5) is 18.5. The standard InChI is InChI=1S/C22H31N2O2S/c1-14(2)16-9-17(15(3)4)11-18(10-16)19-13-27-20(23-19)12-24(8)21(25)26-22(5,6)7/h10-11,13-15H,12H2,1-8H3. The molecule has 0 saturated heterocycles. The predicted molar refractivity (Wildman–Crippen MR) is 112 cm³/mol. The van der Waals surface area contributed by atoms with Crippen LogP contribution in [0, 0.1) is 6.07 Å². The van der Waals surface area contributed by atoms with E-state index in [1.807, 2.05) is 20.8 Å². The zero-order chi connectivity index (χ0) is 20.4. The van der Waals surface area contributed by atoms with E-state index >= 15 is 0 Å². The predicted octanol–water partition coefficient (Wildman–Crippen LogP) is 6.22. The fraction of sp³-hybridized carbons (Fsp3) is 0.545. The lowest BCUT2D eigenvalue weighted by Crippen LogP contribution is -2.33. The Bertz CT molecular complexity index is 762. The second-order valence-electron chi connectivity index (χ2n) is 8.55. The Kier molecular flexibility index (Phi) is 6.68. The van der Waals surface area contributed by atoms with Crippen molar-refractivity contribution in [1.82, 2.24) is 9.88 Å². The molecule has 1 radical (unpaired) electrons. The SMILES string of the molecule is CC(C)c1[c]c(C(C)C)cc(-c2csc(CN(C)C(=O)OC(C)(C)C)n2)c1. The smallest absolute Gasteiger partial charge is 0.410 e. The summed E-state index contributed by atoms with van der Waals surface area (Å²) in [5.74, 6) is 0.831. The van der Waals surface area contributed by atoms with Crippen LogP contribution in [0.4, 0.5) is 4.79 Å². The van der Waals surface area contributed by atoms with Crippen LogP contribution in [-0.2, 0) is 11.3 Å². The maximum absolute atomic E-state index is 12.2. The Morgan fingerprint density at radius 3 is 2.22 bits per heavy atom. The van der Waals surface area contributed by atoms with Crippen molar-refractivity contribution in [2.45, 2.75) is 72.4 Å². The van der Waals surface area contributed by atoms with Gasteiger partial charge < -0.3 is 9.64 Å². The van der Waals surface area contributed by atoms with E-state index in [4.69, 9.17) is 9.72 Å². The van der Waals surface area contributed by atoms with Gasteiger partial charge in [0.25, 0.3) is 0 Å². The van der Waals surface area contributed by atoms with Crippen molar-refractivity contribution in [2.75, 3.05) is 7.05 Å². The minimum absolute atomic E-state index is 0.335. The average Bonchev–Trinajstić information content (AvgIpc) is 3.01. The molecule has 1 aromatic heterocycles. The molecule has 0 saturated carbocycles. The van der Waals surface area contributed by atoms with Gasteiger partial charge in [0, 0.05) is 18.0 Å². The number of aromatic nitrogens is 1. The number of carbonyl (C=O) groups is 1. The highest BCUT2D eigenvalue weighted by atomic mass is 32.1. The van der Waals surface area contributed by atoms with Gasteiger partial charge >= 0.3 is 6.09 Å². The van der Waals surface area contributed by atoms with E-state index in [0.717, 1.165) is 16.3 Å². The van der Waals surface area contributed by atoms with Crippen molar-refractivity contribution < 1.29 is 9.53 Å². The van der Waals surface area contributed by atoms with E-state index in [1.165, 1.54) is 11.1 Å². The lowest BCUT2D eigenvalue weighted by Gasteiger charge is -2.24. The first-order valence-corrected chi connectivity index (χ1v) is 10.3. The molecule has 2 aromatic rings. The molecule has 0 aliphatic rings. The largest absolute Gasteiger partial charge is 0.444 e. The molecule has 1 heterocycles. The Hall–Kier alpha value is -1.88. The molecule has 1 aromatic carbocycles. The fourth-order valence-electron chi connectivity index (χ4n) is 2.51. The molecule has 0 aliphatic carbocycles. The van der Waals surface area contributed by atoms with Crippen molar-refractivity contribution in [3.05, 3.63) is 39.7 Å². The second kappa shape index (κ2) is 8.42. The van der Waals surface area contributed by atoms with E-state index < -0.39 is 5.60 Å². The molecular weight excluding hydrogens is 356 g/mol. The third-order valence-electron chi connectivity index (χ3n) is 4.08. The van der Waals surface area contributed by atoms with E-state index in [9.17, 15) is 4.79 Å². The molecule has 27 heavy (non-hydrogen) atoms. The van der Waals surface area contributed by atoms with Crippen LogP contribution in [0.15, 0.2) is 17.5 Å². The lowest BCUT2D eigenvalue weighted by atomic mass is 9.92. The van der Waals surface area contributed by atoms with Crippen LogP contribution >= 0.6 is 11.3 Å². The highest BCUT2D eigenvalue weighted by Crippen LogP contribution is 2.30. The number of amides is 1. The third-order valence-corrected chi connectivity index (χ3v) is 4.91. The van der Waals surface area contributed by atoms with Crippen LogP contribution in [0.5, 0.6) is 0 Å². The number of rotatable bonds is 5. The molecule has 0 bridgehead atoms. The molecule has 0 fully saturated rings. The minimum atomic E-state index is -0.500. The van der Waals surface area contributed by atoms with Gasteiger partial charge in [-0.1, -0.05) is 27.7 Å². The van der Waals surface area contributed by atoms with Gasteiger partial charge in [0.2, 0.25) is 0 Å². The van der Waals surface area contributed by atoms with Crippen molar-refractivity contribution >= 4 is 17.4 Å². The fourth-order valence-corrected chi connectivity index (χ4v) is 3.36. The summed E-state index contributed by atoms with van der Waals surface area (Å²) in [6.45, 7) is 14.8. The Labute approximate surface area is 167 Å². The molecule has 5 heteroatoms. The first-order valence-electron chi connectivity index (χ1n) is 9.42. The van der Waals surface area contributed by atoms with Gasteiger partial charge in [-0.25, -0.2) is 9.78 Å². The van der Waals surface area contributed by atoms with Crippen molar-refractivity contribution in [3.63, 3.8) is 0 Å². The van der Waals surface area contributed by atoms with Gasteiger partial charge in [-0.2, -0.15) is 0 Å². The van der Waals surface area contributed by atoms with Gasteiger partial charge in [0.15, 0.2) is 0 Å². The molecule has 0 atom stereocenters. The summed E-state index contributed by atoms with van der Waals surface area (Å²) in [6.07, 6.45) is -0.335. The maximum atomic E-state index is 12.2. The van der Waals surface area contributed by atoms with E-state index in [1.54, 1.807) is 23.3 Å². The molecule has 4 nitrogen and oxygen atoms in total. The monoisotopic (exact) mass is 387 g/mol. The van der Waals surface area contributed by atoms with Gasteiger partial charge in [-0.05, 0) is 61.9 Å². The van der Waals surface area contributed by atoms with Crippen LogP contribution in [0.1, 0.15) is 76.4 Å². The minimum Gasteiger partial charge on any atom is -0.444 e. The summed E-state index contributed by atoms with van der Waals surface area (Å²) >= 11 is 1.57. The van der Waals surface area contributed by atoms with Crippen LogP contribution in [0.2, 0.25) is 0 Å². The van der Waals surface area contributed by atoms with Crippen molar-refractivity contribution in [3.8, 4) is 11.3 Å². The van der Waals surface area contributed by atoms with Gasteiger partial charge in [0.05, 0.1) is 12.2 Å². The third kappa shape index (κ3) is 6.06. The summed E-state index contributed by atoms with van der Waals surface area (Å²) in [6, 6.07) is 7.88. The van der Waals surface area contributed by atoms with Crippen LogP contribution < -0.4 is 0 Å². The molecule has 0 aliphatic heterocycles. The van der Waals surface area contributed by atoms with E-state index in [0.29, 0.717) is 18.4 Å². The highest BCUT2D eigenvalue weighted by molar-refractivity contribution is 7.09. The molecule has 0 N–H and O–H groups in total. The van der Waals surface area contributed by atoms with Gasteiger partial charge in [0.1, 0.15) is 10.6 Å². The Balaban J connectivity index is 2.21.